The molecule has 0 fully saturated rings. The van der Waals surface area contributed by atoms with Crippen molar-refractivity contribution in [1.29, 1.82) is 0 Å². The van der Waals surface area contributed by atoms with Crippen molar-refractivity contribution in [2.45, 2.75) is 329 Å². The number of phosphoric ester groups is 2. The highest BCUT2D eigenvalue weighted by Gasteiger charge is 2.30. The molecule has 5 atom stereocenters. The van der Waals surface area contributed by atoms with E-state index in [9.17, 15) is 43.2 Å². The number of rotatable bonds is 75. The van der Waals surface area contributed by atoms with Crippen molar-refractivity contribution in [3.8, 4) is 0 Å². The number of aliphatic hydroxyl groups is 1. The van der Waals surface area contributed by atoms with Gasteiger partial charge in [-0.05, 0) is 141 Å². The molecule has 0 aromatic rings. The van der Waals surface area contributed by atoms with Gasteiger partial charge < -0.3 is 33.8 Å². The quantitative estimate of drug-likeness (QED) is 0.0169. The third kappa shape index (κ3) is 76.9. The predicted octanol–water partition coefficient (Wildman–Crippen LogP) is 24.0. The minimum Gasteiger partial charge on any atom is -0.462 e. The molecule has 0 aromatic heterocycles. The Labute approximate surface area is 642 Å². The lowest BCUT2D eigenvalue weighted by molar-refractivity contribution is -0.161. The summed E-state index contributed by atoms with van der Waals surface area (Å²) in [4.78, 5) is 73.1. The van der Waals surface area contributed by atoms with Gasteiger partial charge in [0.2, 0.25) is 0 Å². The molecule has 0 aromatic carbocycles. The molecule has 3 N–H and O–H groups in total. The van der Waals surface area contributed by atoms with Gasteiger partial charge in [0.25, 0.3) is 0 Å². The lowest BCUT2D eigenvalue weighted by Crippen LogP contribution is -2.30. The van der Waals surface area contributed by atoms with Gasteiger partial charge in [0, 0.05) is 25.7 Å². The van der Waals surface area contributed by atoms with E-state index in [2.05, 4.69) is 161 Å². The van der Waals surface area contributed by atoms with Crippen molar-refractivity contribution < 1.29 is 80.2 Å². The molecule has 0 amide bonds. The van der Waals surface area contributed by atoms with E-state index in [-0.39, 0.29) is 25.7 Å². The average Bonchev–Trinajstić information content (AvgIpc) is 0.902. The second kappa shape index (κ2) is 77.8. The highest BCUT2D eigenvalue weighted by atomic mass is 31.2. The van der Waals surface area contributed by atoms with Crippen molar-refractivity contribution >= 4 is 39.5 Å². The van der Waals surface area contributed by atoms with Crippen LogP contribution in [-0.4, -0.2) is 96.7 Å². The monoisotopic (exact) mass is 1520 g/mol. The van der Waals surface area contributed by atoms with Gasteiger partial charge in [-0.3, -0.25) is 37.3 Å². The van der Waals surface area contributed by atoms with Crippen LogP contribution >= 0.6 is 15.6 Å². The van der Waals surface area contributed by atoms with Crippen LogP contribution in [0.25, 0.3) is 0 Å². The molecule has 0 radical (unpaired) electrons. The van der Waals surface area contributed by atoms with Gasteiger partial charge in [0.05, 0.1) is 26.4 Å². The molecule has 5 unspecified atom stereocenters. The third-order valence-electron chi connectivity index (χ3n) is 16.5. The Balaban J connectivity index is 5.46. The van der Waals surface area contributed by atoms with Crippen molar-refractivity contribution in [3.63, 3.8) is 0 Å². The zero-order valence-corrected chi connectivity index (χ0v) is 67.8. The number of carbonyl (C=O) groups excluding carboxylic acids is 4. The largest absolute Gasteiger partial charge is 0.472 e. The van der Waals surface area contributed by atoms with Gasteiger partial charge in [-0.1, -0.05) is 301 Å². The number of phosphoric acid groups is 2. The van der Waals surface area contributed by atoms with Gasteiger partial charge in [-0.2, -0.15) is 0 Å². The Morgan fingerprint density at radius 3 is 0.821 bits per heavy atom. The van der Waals surface area contributed by atoms with E-state index in [1.807, 2.05) is 24.3 Å². The minimum atomic E-state index is -5.01. The van der Waals surface area contributed by atoms with Crippen LogP contribution < -0.4 is 0 Å². The summed E-state index contributed by atoms with van der Waals surface area (Å²) in [5.41, 5.74) is 0. The van der Waals surface area contributed by atoms with E-state index >= 15 is 0 Å². The first-order chi connectivity index (χ1) is 51.7. The zero-order valence-electron chi connectivity index (χ0n) is 66.1. The van der Waals surface area contributed by atoms with E-state index in [0.717, 1.165) is 148 Å². The fraction of sp³-hybridized carbons (Fsp3) is 0.655. The Kier molecular flexibility index (Phi) is 73.9. The minimum absolute atomic E-state index is 0.000710. The van der Waals surface area contributed by atoms with E-state index in [0.29, 0.717) is 38.5 Å². The third-order valence-corrected chi connectivity index (χ3v) is 18.4. The van der Waals surface area contributed by atoms with Crippen LogP contribution in [0.3, 0.4) is 0 Å². The number of carbonyl (C=O) groups is 4. The lowest BCUT2D eigenvalue weighted by atomic mass is 10.0. The summed E-state index contributed by atoms with van der Waals surface area (Å²) >= 11 is 0. The maximum Gasteiger partial charge on any atom is 0.472 e. The summed E-state index contributed by atoms with van der Waals surface area (Å²) in [7, 11) is -10.0. The topological polar surface area (TPSA) is 237 Å². The number of hydrogen-bond donors (Lipinski definition) is 3. The number of unbranched alkanes of at least 4 members (excludes halogenated alkanes) is 23. The summed E-state index contributed by atoms with van der Waals surface area (Å²) in [6.07, 6.45) is 90.9. The van der Waals surface area contributed by atoms with Crippen molar-refractivity contribution in [2.24, 2.45) is 0 Å². The first-order valence-corrected chi connectivity index (χ1v) is 43.7. The molecule has 0 saturated heterocycles. The van der Waals surface area contributed by atoms with Gasteiger partial charge in [-0.25, -0.2) is 9.13 Å². The molecule has 604 valence electrons. The Bertz CT molecular complexity index is 2630. The van der Waals surface area contributed by atoms with E-state index in [4.69, 9.17) is 37.0 Å². The van der Waals surface area contributed by atoms with Crippen LogP contribution in [0.5, 0.6) is 0 Å². The highest BCUT2D eigenvalue weighted by Crippen LogP contribution is 2.45. The van der Waals surface area contributed by atoms with Gasteiger partial charge in [0.15, 0.2) is 12.2 Å². The van der Waals surface area contributed by atoms with Gasteiger partial charge >= 0.3 is 39.5 Å². The fourth-order valence-corrected chi connectivity index (χ4v) is 11.9. The van der Waals surface area contributed by atoms with E-state index < -0.39 is 97.5 Å². The molecule has 0 rings (SSSR count). The Morgan fingerprint density at radius 2 is 0.500 bits per heavy atom. The smallest absolute Gasteiger partial charge is 0.462 e. The molecule has 106 heavy (non-hydrogen) atoms. The van der Waals surface area contributed by atoms with Crippen molar-refractivity contribution in [2.75, 3.05) is 39.6 Å². The van der Waals surface area contributed by atoms with Crippen LogP contribution in [0.2, 0.25) is 0 Å². The number of ether oxygens (including phenoxy) is 4. The Morgan fingerprint density at radius 1 is 0.274 bits per heavy atom. The molecule has 0 bridgehead atoms. The number of hydrogen-bond acceptors (Lipinski definition) is 15. The van der Waals surface area contributed by atoms with Gasteiger partial charge in [0.1, 0.15) is 19.3 Å². The van der Waals surface area contributed by atoms with Crippen LogP contribution in [0.15, 0.2) is 158 Å². The van der Waals surface area contributed by atoms with E-state index in [1.54, 1.807) is 0 Å². The highest BCUT2D eigenvalue weighted by molar-refractivity contribution is 7.47. The molecule has 0 aliphatic rings. The molecule has 0 saturated carbocycles. The maximum atomic E-state index is 13.1. The zero-order chi connectivity index (χ0) is 77.4. The number of aliphatic hydroxyl groups excluding tert-OH is 1. The SMILES string of the molecule is CC/C=C\C/C=C\C/C=C\C/C=C\C/C=C\CCCC(=O)OCC(COP(=O)(O)OCC(O)COP(=O)(O)OCC(COC(=O)CCCCCCCC/C=C\C/C=C\C/C=C\CCCCC)OC(=O)CCCCCCCCCCCCCCC)OC(=O)CCC/C=C\C/C=C\C/C=C\C/C=C\C/C=C\CC. The second-order valence-corrected chi connectivity index (χ2v) is 29.5. The summed E-state index contributed by atoms with van der Waals surface area (Å²) in [6.45, 7) is 4.48. The molecule has 0 aliphatic carbocycles. The first-order valence-electron chi connectivity index (χ1n) is 40.7. The predicted molar refractivity (Wildman–Crippen MR) is 436 cm³/mol. The summed E-state index contributed by atoms with van der Waals surface area (Å²) in [5, 5.41) is 10.6. The molecule has 17 nitrogen and oxygen atoms in total. The van der Waals surface area contributed by atoms with Crippen molar-refractivity contribution in [1.82, 2.24) is 0 Å². The first kappa shape index (κ1) is 101. The molecule has 0 aliphatic heterocycles. The summed E-state index contributed by atoms with van der Waals surface area (Å²) in [5.74, 6) is -2.33. The standard InChI is InChI=1S/C87H144O17P2/c1-5-9-13-17-21-25-29-33-36-39-40-43-45-49-52-56-60-64-68-72-85(90)97-77-82(103-86(91)73-69-65-61-57-53-47-32-28-24-20-16-12-8-4)79-101-105(93,94)99-75-81(88)76-100-106(95,96)102-80-83(104-87(92)74-70-66-62-58-54-50-46-42-38-35-31-27-23-19-15-11-7-3)78-98-84(89)71-67-63-59-55-51-48-44-41-37-34-30-26-22-18-14-10-6-2/h10-11,14-15,21-23,25-27,33-38,40,43-44,46,48,50,55,58-59,62,81-83,88H,5-9,12-13,16-20,24,28-32,39,41-42,45,47,49,51-54,56-57,60-61,63-80H2,1-4H3,(H,93,94)(H,95,96)/b14-10-,15-11-,25-21-,26-22-,27-23-,36-33-,37-34-,38-35-,43-40-,48-44-,50-46-,59-55-,62-58-. The summed E-state index contributed by atoms with van der Waals surface area (Å²) < 4.78 is 68.5. The van der Waals surface area contributed by atoms with Crippen LogP contribution in [-0.2, 0) is 65.4 Å². The van der Waals surface area contributed by atoms with Crippen molar-refractivity contribution in [3.05, 3.63) is 158 Å². The van der Waals surface area contributed by atoms with Crippen LogP contribution in [0, 0.1) is 0 Å². The molecular formula is C87H144O17P2. The van der Waals surface area contributed by atoms with E-state index in [1.165, 1.54) is 70.6 Å². The number of esters is 4. The normalized spacial score (nSPS) is 14.7. The second-order valence-electron chi connectivity index (χ2n) is 26.6. The molecule has 19 heteroatoms. The lowest BCUT2D eigenvalue weighted by Gasteiger charge is -2.21. The number of allylic oxidation sites excluding steroid dienone is 26. The average molecular weight is 1520 g/mol. The van der Waals surface area contributed by atoms with Gasteiger partial charge in [-0.15, -0.1) is 0 Å². The molecule has 0 heterocycles. The summed E-state index contributed by atoms with van der Waals surface area (Å²) in [6, 6.07) is 0. The Hall–Kier alpha value is -5.32. The molecule has 0 spiro atoms. The fourth-order valence-electron chi connectivity index (χ4n) is 10.4. The van der Waals surface area contributed by atoms with Crippen LogP contribution in [0.1, 0.15) is 310 Å². The van der Waals surface area contributed by atoms with Crippen LogP contribution in [0.4, 0.5) is 0 Å². The molecular weight excluding hydrogens is 1380 g/mol. The maximum absolute atomic E-state index is 13.1.